The largest absolute Gasteiger partial charge is 0.506 e. The number of nitrogens with one attached hydrogen (secondary N) is 1. The molecule has 0 bridgehead atoms. The Morgan fingerprint density at radius 3 is 2.59 bits per heavy atom. The van der Waals surface area contributed by atoms with E-state index < -0.39 is 22.4 Å². The van der Waals surface area contributed by atoms with Crippen LogP contribution < -0.4 is 5.32 Å². The number of hydrogen-bond acceptors (Lipinski definition) is 4. The highest BCUT2D eigenvalue weighted by atomic mass is 35.5. The molecule has 8 heteroatoms. The van der Waals surface area contributed by atoms with E-state index in [2.05, 4.69) is 5.32 Å². The van der Waals surface area contributed by atoms with Crippen LogP contribution in [0, 0.1) is 10.1 Å². The number of nitro benzene ring substituents is 1. The molecule has 17 heavy (non-hydrogen) atoms. The quantitative estimate of drug-likeness (QED) is 0.483. The van der Waals surface area contributed by atoms with Crippen LogP contribution in [0.4, 0.5) is 16.2 Å². The summed E-state index contributed by atoms with van der Waals surface area (Å²) in [6.45, 7) is 0. The van der Waals surface area contributed by atoms with Crippen molar-refractivity contribution in [3.05, 3.63) is 27.3 Å². The SMILES string of the molecule is CN(C)C(=O)Nc1cc(Cl)c([N+](=O)[O-])cc1O. The summed E-state index contributed by atoms with van der Waals surface area (Å²) in [5, 5.41) is 22.2. The van der Waals surface area contributed by atoms with Gasteiger partial charge < -0.3 is 15.3 Å². The van der Waals surface area contributed by atoms with Crippen molar-refractivity contribution in [3.8, 4) is 5.75 Å². The van der Waals surface area contributed by atoms with Crippen molar-refractivity contribution in [2.24, 2.45) is 0 Å². The van der Waals surface area contributed by atoms with E-state index >= 15 is 0 Å². The second-order valence-electron chi connectivity index (χ2n) is 3.40. The first-order chi connectivity index (χ1) is 7.82. The molecule has 2 amide bonds. The van der Waals surface area contributed by atoms with E-state index in [-0.39, 0.29) is 10.7 Å². The first kappa shape index (κ1) is 13.0. The third kappa shape index (κ3) is 2.97. The normalized spacial score (nSPS) is 9.82. The van der Waals surface area contributed by atoms with Crippen LogP contribution in [0.2, 0.25) is 5.02 Å². The minimum absolute atomic E-state index is 0.0132. The maximum atomic E-state index is 11.3. The molecule has 0 saturated carbocycles. The number of phenolic OH excluding ortho intramolecular Hbond substituents is 1. The second-order valence-corrected chi connectivity index (χ2v) is 3.81. The van der Waals surface area contributed by atoms with Crippen LogP contribution in [-0.2, 0) is 0 Å². The van der Waals surface area contributed by atoms with Crippen molar-refractivity contribution in [2.75, 3.05) is 19.4 Å². The highest BCUT2D eigenvalue weighted by Gasteiger charge is 2.18. The Kier molecular flexibility index (Phi) is 3.74. The van der Waals surface area contributed by atoms with E-state index in [0.29, 0.717) is 0 Å². The molecule has 0 unspecified atom stereocenters. The molecule has 0 spiro atoms. The third-order valence-corrected chi connectivity index (χ3v) is 2.21. The molecule has 92 valence electrons. The topological polar surface area (TPSA) is 95.7 Å². The van der Waals surface area contributed by atoms with Gasteiger partial charge in [0, 0.05) is 14.1 Å². The molecule has 1 rings (SSSR count). The number of aromatic hydroxyl groups is 1. The molecular weight excluding hydrogens is 250 g/mol. The predicted molar refractivity (Wildman–Crippen MR) is 62.5 cm³/mol. The number of halogens is 1. The number of benzene rings is 1. The summed E-state index contributed by atoms with van der Waals surface area (Å²) in [6.07, 6.45) is 0. The Hall–Kier alpha value is -2.02. The van der Waals surface area contributed by atoms with E-state index in [1.54, 1.807) is 0 Å². The number of urea groups is 1. The number of hydrogen-bond donors (Lipinski definition) is 2. The molecule has 0 saturated heterocycles. The van der Waals surface area contributed by atoms with Gasteiger partial charge in [0.25, 0.3) is 5.69 Å². The summed E-state index contributed by atoms with van der Waals surface area (Å²) < 4.78 is 0. The Labute approximate surface area is 102 Å². The minimum atomic E-state index is -0.723. The monoisotopic (exact) mass is 259 g/mol. The average molecular weight is 260 g/mol. The first-order valence-electron chi connectivity index (χ1n) is 4.48. The number of carbonyl (C=O) groups excluding carboxylic acids is 1. The van der Waals surface area contributed by atoms with Crippen LogP contribution >= 0.6 is 11.6 Å². The number of rotatable bonds is 2. The molecule has 1 aromatic rings. The van der Waals surface area contributed by atoms with Crippen molar-refractivity contribution in [1.29, 1.82) is 0 Å². The van der Waals surface area contributed by atoms with Crippen molar-refractivity contribution in [3.63, 3.8) is 0 Å². The van der Waals surface area contributed by atoms with Crippen LogP contribution in [0.5, 0.6) is 5.75 Å². The second kappa shape index (κ2) is 4.88. The fourth-order valence-electron chi connectivity index (χ4n) is 1.02. The highest BCUT2D eigenvalue weighted by molar-refractivity contribution is 6.33. The first-order valence-corrected chi connectivity index (χ1v) is 4.86. The van der Waals surface area contributed by atoms with Gasteiger partial charge in [0.1, 0.15) is 10.8 Å². The van der Waals surface area contributed by atoms with Gasteiger partial charge >= 0.3 is 6.03 Å². The summed E-state index contributed by atoms with van der Waals surface area (Å²) in [5.41, 5.74) is -0.411. The van der Waals surface area contributed by atoms with Gasteiger partial charge in [-0.3, -0.25) is 10.1 Å². The van der Waals surface area contributed by atoms with Crippen molar-refractivity contribution in [2.45, 2.75) is 0 Å². The van der Waals surface area contributed by atoms with E-state index in [1.807, 2.05) is 0 Å². The molecule has 0 aliphatic rings. The lowest BCUT2D eigenvalue weighted by Gasteiger charge is -2.13. The summed E-state index contributed by atoms with van der Waals surface area (Å²) in [5.74, 6) is -0.420. The summed E-state index contributed by atoms with van der Waals surface area (Å²) in [7, 11) is 3.03. The fraction of sp³-hybridized carbons (Fsp3) is 0.222. The van der Waals surface area contributed by atoms with Crippen molar-refractivity contribution < 1.29 is 14.8 Å². The van der Waals surface area contributed by atoms with Crippen LogP contribution in [-0.4, -0.2) is 35.1 Å². The van der Waals surface area contributed by atoms with Gasteiger partial charge in [-0.15, -0.1) is 0 Å². The lowest BCUT2D eigenvalue weighted by molar-refractivity contribution is -0.384. The molecule has 0 aromatic heterocycles. The van der Waals surface area contributed by atoms with Gasteiger partial charge in [-0.2, -0.15) is 0 Å². The Morgan fingerprint density at radius 1 is 1.53 bits per heavy atom. The number of anilines is 1. The lowest BCUT2D eigenvalue weighted by atomic mass is 10.2. The fourth-order valence-corrected chi connectivity index (χ4v) is 1.25. The molecule has 7 nitrogen and oxygen atoms in total. The standard InChI is InChI=1S/C9H10ClN3O4/c1-12(2)9(15)11-6-3-5(10)7(13(16)17)4-8(6)14/h3-4,14H,1-2H3,(H,11,15). The van der Waals surface area contributed by atoms with Gasteiger partial charge in [-0.1, -0.05) is 11.6 Å². The zero-order valence-corrected chi connectivity index (χ0v) is 9.85. The Morgan fingerprint density at radius 2 is 2.12 bits per heavy atom. The number of nitro groups is 1. The number of nitrogens with zero attached hydrogens (tertiary/aromatic N) is 2. The van der Waals surface area contributed by atoms with Crippen molar-refractivity contribution >= 4 is 29.0 Å². The van der Waals surface area contributed by atoms with Gasteiger partial charge in [0.15, 0.2) is 0 Å². The van der Waals surface area contributed by atoms with Crippen LogP contribution in [0.25, 0.3) is 0 Å². The highest BCUT2D eigenvalue weighted by Crippen LogP contribution is 2.34. The molecular formula is C9H10ClN3O4. The van der Waals surface area contributed by atoms with Crippen molar-refractivity contribution in [1.82, 2.24) is 4.90 Å². The third-order valence-electron chi connectivity index (χ3n) is 1.91. The molecule has 1 aromatic carbocycles. The van der Waals surface area contributed by atoms with Gasteiger partial charge in [0.05, 0.1) is 16.7 Å². The molecule has 0 aliphatic heterocycles. The smallest absolute Gasteiger partial charge is 0.321 e. The molecule has 2 N–H and O–H groups in total. The molecule has 0 atom stereocenters. The maximum Gasteiger partial charge on any atom is 0.321 e. The summed E-state index contributed by atoms with van der Waals surface area (Å²) in [4.78, 5) is 22.4. The summed E-state index contributed by atoms with van der Waals surface area (Å²) >= 11 is 5.64. The zero-order valence-electron chi connectivity index (χ0n) is 9.10. The van der Waals surface area contributed by atoms with Gasteiger partial charge in [-0.05, 0) is 6.07 Å². The van der Waals surface area contributed by atoms with E-state index in [1.165, 1.54) is 19.0 Å². The molecule has 0 radical (unpaired) electrons. The van der Waals surface area contributed by atoms with Crippen LogP contribution in [0.3, 0.4) is 0 Å². The molecule has 0 heterocycles. The van der Waals surface area contributed by atoms with E-state index in [0.717, 1.165) is 12.1 Å². The minimum Gasteiger partial charge on any atom is -0.506 e. The number of carbonyl (C=O) groups is 1. The van der Waals surface area contributed by atoms with E-state index in [9.17, 15) is 20.0 Å². The van der Waals surface area contributed by atoms with Crippen LogP contribution in [0.1, 0.15) is 0 Å². The number of amides is 2. The number of phenols is 1. The molecule has 0 fully saturated rings. The van der Waals surface area contributed by atoms with E-state index in [4.69, 9.17) is 11.6 Å². The van der Waals surface area contributed by atoms with Crippen LogP contribution in [0.15, 0.2) is 12.1 Å². The Bertz CT molecular complexity index is 476. The van der Waals surface area contributed by atoms with Gasteiger partial charge in [0.2, 0.25) is 0 Å². The predicted octanol–water partition coefficient (Wildman–Crippen LogP) is 2.05. The maximum absolute atomic E-state index is 11.3. The van der Waals surface area contributed by atoms with Gasteiger partial charge in [-0.25, -0.2) is 4.79 Å². The lowest BCUT2D eigenvalue weighted by Crippen LogP contribution is -2.27. The molecule has 0 aliphatic carbocycles. The zero-order chi connectivity index (χ0) is 13.2. The summed E-state index contributed by atoms with van der Waals surface area (Å²) in [6, 6.07) is 1.52. The Balaban J connectivity index is 3.08. The average Bonchev–Trinajstić information content (AvgIpc) is 2.22.